The SMILES string of the molecule is Cc1ccc(C=Cc2nc(-c3ccc4c(c3)[nH]c(=O)c(=O)n4CC(C)C)no2)cc1. The molecule has 2 heterocycles. The van der Waals surface area contributed by atoms with Crippen molar-refractivity contribution in [3.05, 3.63) is 80.2 Å². The lowest BCUT2D eigenvalue weighted by molar-refractivity contribution is 0.411. The van der Waals surface area contributed by atoms with Crippen LogP contribution < -0.4 is 11.1 Å². The zero-order chi connectivity index (χ0) is 21.3. The van der Waals surface area contributed by atoms with Crippen LogP contribution in [0.15, 0.2) is 56.6 Å². The number of fused-ring (bicyclic) bond motifs is 1. The van der Waals surface area contributed by atoms with Crippen molar-refractivity contribution in [2.45, 2.75) is 27.3 Å². The van der Waals surface area contributed by atoms with Crippen molar-refractivity contribution in [1.29, 1.82) is 0 Å². The number of aromatic amines is 1. The van der Waals surface area contributed by atoms with Crippen LogP contribution in [-0.2, 0) is 6.54 Å². The van der Waals surface area contributed by atoms with Crippen molar-refractivity contribution in [1.82, 2.24) is 19.7 Å². The van der Waals surface area contributed by atoms with Crippen LogP contribution in [0.1, 0.15) is 30.9 Å². The molecule has 152 valence electrons. The standard InChI is InChI=1S/C23H22N4O3/c1-14(2)13-27-19-10-9-17(12-18(19)24-22(28)23(27)29)21-25-20(30-26-21)11-8-16-6-4-15(3)5-7-16/h4-12,14H,13H2,1-3H3,(H,24,28). The summed E-state index contributed by atoms with van der Waals surface area (Å²) in [6, 6.07) is 13.5. The third kappa shape index (κ3) is 4.00. The van der Waals surface area contributed by atoms with Crippen LogP contribution in [-0.4, -0.2) is 19.7 Å². The number of rotatable bonds is 5. The third-order valence-corrected chi connectivity index (χ3v) is 4.72. The van der Waals surface area contributed by atoms with Gasteiger partial charge in [-0.1, -0.05) is 48.8 Å². The molecule has 0 bridgehead atoms. The predicted molar refractivity (Wildman–Crippen MR) is 117 cm³/mol. The van der Waals surface area contributed by atoms with E-state index in [1.54, 1.807) is 18.2 Å². The molecule has 30 heavy (non-hydrogen) atoms. The van der Waals surface area contributed by atoms with E-state index in [0.717, 1.165) is 5.56 Å². The first kappa shape index (κ1) is 19.6. The average Bonchev–Trinajstić information content (AvgIpc) is 3.19. The summed E-state index contributed by atoms with van der Waals surface area (Å²) < 4.78 is 6.83. The molecule has 0 fully saturated rings. The molecule has 4 aromatic rings. The van der Waals surface area contributed by atoms with Crippen LogP contribution in [0.2, 0.25) is 0 Å². The van der Waals surface area contributed by atoms with Gasteiger partial charge in [0.2, 0.25) is 5.82 Å². The Morgan fingerprint density at radius 2 is 1.87 bits per heavy atom. The quantitative estimate of drug-likeness (QED) is 0.512. The number of H-pyrrole nitrogens is 1. The van der Waals surface area contributed by atoms with E-state index in [2.05, 4.69) is 15.1 Å². The van der Waals surface area contributed by atoms with Crippen LogP contribution in [0, 0.1) is 12.8 Å². The molecule has 0 spiro atoms. The molecule has 0 saturated heterocycles. The fraction of sp³-hybridized carbons (Fsp3) is 0.217. The Balaban J connectivity index is 1.67. The minimum Gasteiger partial charge on any atom is -0.334 e. The number of hydrogen-bond acceptors (Lipinski definition) is 5. The van der Waals surface area contributed by atoms with E-state index >= 15 is 0 Å². The Labute approximate surface area is 172 Å². The molecule has 4 rings (SSSR count). The molecule has 7 nitrogen and oxygen atoms in total. The number of aryl methyl sites for hydroxylation is 1. The van der Waals surface area contributed by atoms with Gasteiger partial charge in [-0.15, -0.1) is 0 Å². The summed E-state index contributed by atoms with van der Waals surface area (Å²) in [6.45, 7) is 6.50. The number of nitrogens with zero attached hydrogens (tertiary/aromatic N) is 3. The van der Waals surface area contributed by atoms with Crippen LogP contribution >= 0.6 is 0 Å². The van der Waals surface area contributed by atoms with E-state index in [1.807, 2.05) is 57.2 Å². The number of nitrogens with one attached hydrogen (secondary N) is 1. The molecular weight excluding hydrogens is 380 g/mol. The van der Waals surface area contributed by atoms with Crippen molar-refractivity contribution in [3.8, 4) is 11.4 Å². The molecule has 0 amide bonds. The number of aromatic nitrogens is 4. The van der Waals surface area contributed by atoms with Crippen molar-refractivity contribution in [2.24, 2.45) is 5.92 Å². The monoisotopic (exact) mass is 402 g/mol. The van der Waals surface area contributed by atoms with Crippen molar-refractivity contribution in [2.75, 3.05) is 0 Å². The third-order valence-electron chi connectivity index (χ3n) is 4.72. The fourth-order valence-electron chi connectivity index (χ4n) is 3.23. The maximum atomic E-state index is 12.3. The molecule has 0 saturated carbocycles. The second-order valence-corrected chi connectivity index (χ2v) is 7.70. The average molecular weight is 402 g/mol. The van der Waals surface area contributed by atoms with E-state index < -0.39 is 11.1 Å². The Morgan fingerprint density at radius 1 is 1.10 bits per heavy atom. The topological polar surface area (TPSA) is 93.8 Å². The van der Waals surface area contributed by atoms with Crippen LogP contribution in [0.4, 0.5) is 0 Å². The molecule has 1 N–H and O–H groups in total. The maximum Gasteiger partial charge on any atom is 0.316 e. The first-order valence-electron chi connectivity index (χ1n) is 9.76. The first-order chi connectivity index (χ1) is 14.4. The van der Waals surface area contributed by atoms with Gasteiger partial charge >= 0.3 is 11.1 Å². The highest BCUT2D eigenvalue weighted by molar-refractivity contribution is 5.80. The summed E-state index contributed by atoms with van der Waals surface area (Å²) >= 11 is 0. The summed E-state index contributed by atoms with van der Waals surface area (Å²) in [6.07, 6.45) is 3.66. The van der Waals surface area contributed by atoms with Crippen LogP contribution in [0.3, 0.4) is 0 Å². The van der Waals surface area contributed by atoms with Gasteiger partial charge in [-0.25, -0.2) is 0 Å². The van der Waals surface area contributed by atoms with E-state index in [4.69, 9.17) is 4.52 Å². The van der Waals surface area contributed by atoms with Gasteiger partial charge in [-0.3, -0.25) is 9.59 Å². The lowest BCUT2D eigenvalue weighted by atomic mass is 10.1. The minimum atomic E-state index is -0.643. The Hall–Kier alpha value is -3.74. The zero-order valence-corrected chi connectivity index (χ0v) is 17.0. The van der Waals surface area contributed by atoms with E-state index in [0.29, 0.717) is 34.9 Å². The fourth-order valence-corrected chi connectivity index (χ4v) is 3.23. The smallest absolute Gasteiger partial charge is 0.316 e. The molecule has 0 radical (unpaired) electrons. The van der Waals surface area contributed by atoms with Gasteiger partial charge < -0.3 is 14.1 Å². The molecule has 0 aliphatic rings. The molecule has 7 heteroatoms. The van der Waals surface area contributed by atoms with Crippen LogP contribution in [0.5, 0.6) is 0 Å². The summed E-state index contributed by atoms with van der Waals surface area (Å²) in [5, 5.41) is 4.03. The van der Waals surface area contributed by atoms with Gasteiger partial charge in [-0.2, -0.15) is 4.98 Å². The predicted octanol–water partition coefficient (Wildman–Crippen LogP) is 3.87. The summed E-state index contributed by atoms with van der Waals surface area (Å²) in [7, 11) is 0. The van der Waals surface area contributed by atoms with Gasteiger partial charge in [0.1, 0.15) is 0 Å². The molecule has 2 aromatic heterocycles. The second kappa shape index (κ2) is 7.94. The largest absolute Gasteiger partial charge is 0.334 e. The van der Waals surface area contributed by atoms with Crippen molar-refractivity contribution in [3.63, 3.8) is 0 Å². The Kier molecular flexibility index (Phi) is 5.18. The molecule has 2 aromatic carbocycles. The van der Waals surface area contributed by atoms with Crippen molar-refractivity contribution >= 4 is 23.2 Å². The van der Waals surface area contributed by atoms with Gasteiger partial charge in [-0.05, 0) is 42.7 Å². The first-order valence-corrected chi connectivity index (χ1v) is 9.76. The maximum absolute atomic E-state index is 12.3. The summed E-state index contributed by atoms with van der Waals surface area (Å²) in [4.78, 5) is 31.4. The normalized spacial score (nSPS) is 11.7. The molecular formula is C23H22N4O3. The molecule has 0 unspecified atom stereocenters. The summed E-state index contributed by atoms with van der Waals surface area (Å²) in [5.74, 6) is 1.01. The lowest BCUT2D eigenvalue weighted by Gasteiger charge is -2.12. The van der Waals surface area contributed by atoms with E-state index in [1.165, 1.54) is 10.1 Å². The molecule has 0 aliphatic heterocycles. The van der Waals surface area contributed by atoms with Crippen LogP contribution in [0.25, 0.3) is 34.6 Å². The van der Waals surface area contributed by atoms with Gasteiger partial charge in [0, 0.05) is 18.2 Å². The highest BCUT2D eigenvalue weighted by Crippen LogP contribution is 2.21. The zero-order valence-electron chi connectivity index (χ0n) is 17.0. The number of hydrogen-bond donors (Lipinski definition) is 1. The highest BCUT2D eigenvalue weighted by atomic mass is 16.5. The lowest BCUT2D eigenvalue weighted by Crippen LogP contribution is -2.37. The van der Waals surface area contributed by atoms with Gasteiger partial charge in [0.25, 0.3) is 5.89 Å². The Morgan fingerprint density at radius 3 is 2.60 bits per heavy atom. The van der Waals surface area contributed by atoms with E-state index in [-0.39, 0.29) is 5.92 Å². The highest BCUT2D eigenvalue weighted by Gasteiger charge is 2.12. The van der Waals surface area contributed by atoms with E-state index in [9.17, 15) is 9.59 Å². The van der Waals surface area contributed by atoms with Gasteiger partial charge in [0.05, 0.1) is 11.0 Å². The number of benzene rings is 2. The van der Waals surface area contributed by atoms with Gasteiger partial charge in [0.15, 0.2) is 0 Å². The molecule has 0 aliphatic carbocycles. The minimum absolute atomic E-state index is 0.229. The summed E-state index contributed by atoms with van der Waals surface area (Å²) in [5.41, 5.74) is 2.94. The van der Waals surface area contributed by atoms with Crippen molar-refractivity contribution < 1.29 is 4.52 Å². The molecule has 0 atom stereocenters. The second-order valence-electron chi connectivity index (χ2n) is 7.70. The Bertz CT molecular complexity index is 1340.